The summed E-state index contributed by atoms with van der Waals surface area (Å²) in [5, 5.41) is 4.77. The Morgan fingerprint density at radius 1 is 1.24 bits per heavy atom. The predicted molar refractivity (Wildman–Crippen MR) is 91.2 cm³/mol. The van der Waals surface area contributed by atoms with Crippen LogP contribution >= 0.6 is 11.8 Å². The molecule has 2 aliphatic rings. The van der Waals surface area contributed by atoms with Crippen LogP contribution in [0.15, 0.2) is 24.3 Å². The second-order valence-electron chi connectivity index (χ2n) is 7.04. The summed E-state index contributed by atoms with van der Waals surface area (Å²) in [5.41, 5.74) is 1.25. The number of ether oxygens (including phenoxy) is 1. The van der Waals surface area contributed by atoms with Gasteiger partial charge in [-0.25, -0.2) is 0 Å². The van der Waals surface area contributed by atoms with Crippen LogP contribution in [0.1, 0.15) is 57.6 Å². The number of benzene rings is 1. The fraction of sp³-hybridized carbons (Fsp3) is 0.667. The summed E-state index contributed by atoms with van der Waals surface area (Å²) < 4.78 is 6.14. The molecule has 3 atom stereocenters. The molecule has 0 saturated heterocycles. The van der Waals surface area contributed by atoms with E-state index in [-0.39, 0.29) is 5.60 Å². The first-order valence-corrected chi connectivity index (χ1v) is 9.43. The minimum absolute atomic E-state index is 0.0837. The molecule has 1 N–H and O–H groups in total. The zero-order chi connectivity index (χ0) is 14.9. The molecule has 3 heteroatoms. The van der Waals surface area contributed by atoms with Crippen LogP contribution in [0.3, 0.4) is 0 Å². The van der Waals surface area contributed by atoms with E-state index in [0.29, 0.717) is 12.1 Å². The van der Waals surface area contributed by atoms with E-state index in [4.69, 9.17) is 4.74 Å². The van der Waals surface area contributed by atoms with E-state index >= 15 is 0 Å². The van der Waals surface area contributed by atoms with Gasteiger partial charge in [0.1, 0.15) is 11.4 Å². The van der Waals surface area contributed by atoms with Crippen LogP contribution < -0.4 is 10.1 Å². The van der Waals surface area contributed by atoms with Gasteiger partial charge >= 0.3 is 0 Å². The van der Waals surface area contributed by atoms with Gasteiger partial charge in [-0.2, -0.15) is 11.8 Å². The number of thioether (sulfide) groups is 1. The Morgan fingerprint density at radius 3 is 2.86 bits per heavy atom. The van der Waals surface area contributed by atoms with E-state index in [1.54, 1.807) is 0 Å². The van der Waals surface area contributed by atoms with Crippen LogP contribution in [-0.4, -0.2) is 23.1 Å². The summed E-state index contributed by atoms with van der Waals surface area (Å²) in [5.74, 6) is 1.06. The minimum Gasteiger partial charge on any atom is -0.487 e. The lowest BCUT2D eigenvalue weighted by molar-refractivity contribution is 0.0625. The van der Waals surface area contributed by atoms with E-state index in [9.17, 15) is 0 Å². The molecule has 1 aliphatic heterocycles. The van der Waals surface area contributed by atoms with Crippen molar-refractivity contribution in [3.63, 3.8) is 0 Å². The second kappa shape index (κ2) is 6.21. The normalized spacial score (nSPS) is 31.3. The molecule has 1 aromatic carbocycles. The first-order valence-electron chi connectivity index (χ1n) is 8.14. The summed E-state index contributed by atoms with van der Waals surface area (Å²) in [6, 6.07) is 9.61. The van der Waals surface area contributed by atoms with Gasteiger partial charge in [0.15, 0.2) is 0 Å². The van der Waals surface area contributed by atoms with Crippen molar-refractivity contribution >= 4 is 11.8 Å². The number of rotatable bonds is 3. The van der Waals surface area contributed by atoms with Crippen LogP contribution in [0.5, 0.6) is 5.75 Å². The van der Waals surface area contributed by atoms with Gasteiger partial charge in [0.05, 0.1) is 0 Å². The van der Waals surface area contributed by atoms with Gasteiger partial charge in [-0.05, 0) is 45.4 Å². The lowest BCUT2D eigenvalue weighted by atomic mass is 9.87. The summed E-state index contributed by atoms with van der Waals surface area (Å²) in [4.78, 5) is 0. The monoisotopic (exact) mass is 305 g/mol. The molecular weight excluding hydrogens is 278 g/mol. The van der Waals surface area contributed by atoms with Crippen LogP contribution in [0.4, 0.5) is 0 Å². The number of hydrogen-bond donors (Lipinski definition) is 1. The first-order chi connectivity index (χ1) is 10.1. The minimum atomic E-state index is -0.0837. The average Bonchev–Trinajstić information content (AvgIpc) is 2.46. The Balaban J connectivity index is 1.75. The molecule has 1 aliphatic carbocycles. The van der Waals surface area contributed by atoms with Crippen LogP contribution in [0.25, 0.3) is 0 Å². The molecule has 1 fully saturated rings. The van der Waals surface area contributed by atoms with Crippen molar-refractivity contribution in [2.75, 3.05) is 6.26 Å². The fourth-order valence-electron chi connectivity index (χ4n) is 3.75. The van der Waals surface area contributed by atoms with Gasteiger partial charge in [-0.15, -0.1) is 0 Å². The van der Waals surface area contributed by atoms with E-state index < -0.39 is 0 Å². The standard InChI is InChI=1S/C18H27NOS/c1-18(2)12-16(15-9-4-5-10-17(15)20-18)19-13-7-6-8-14(11-13)21-3/h4-5,9-10,13-14,16,19H,6-8,11-12H2,1-3H3. The maximum atomic E-state index is 6.14. The van der Waals surface area contributed by atoms with Crippen molar-refractivity contribution in [1.29, 1.82) is 0 Å². The molecule has 0 aromatic heterocycles. The quantitative estimate of drug-likeness (QED) is 0.885. The molecule has 3 rings (SSSR count). The van der Waals surface area contributed by atoms with Crippen molar-refractivity contribution in [2.24, 2.45) is 0 Å². The van der Waals surface area contributed by atoms with Gasteiger partial charge in [-0.3, -0.25) is 0 Å². The van der Waals surface area contributed by atoms with Crippen LogP contribution in [0, 0.1) is 0 Å². The lowest BCUT2D eigenvalue weighted by Crippen LogP contribution is -2.44. The molecule has 1 saturated carbocycles. The Hall–Kier alpha value is -0.670. The SMILES string of the molecule is CSC1CCCC(NC2CC(C)(C)Oc3ccccc32)C1. The van der Waals surface area contributed by atoms with Gasteiger partial charge in [0, 0.05) is 29.3 Å². The molecule has 3 unspecified atom stereocenters. The van der Waals surface area contributed by atoms with Crippen molar-refractivity contribution < 1.29 is 4.74 Å². The number of fused-ring (bicyclic) bond motifs is 1. The molecular formula is C18H27NOS. The van der Waals surface area contributed by atoms with Crippen LogP contribution in [-0.2, 0) is 0 Å². The molecule has 0 amide bonds. The zero-order valence-electron chi connectivity index (χ0n) is 13.4. The lowest BCUT2D eigenvalue weighted by Gasteiger charge is -2.40. The van der Waals surface area contributed by atoms with Crippen molar-refractivity contribution in [1.82, 2.24) is 5.32 Å². The maximum Gasteiger partial charge on any atom is 0.124 e. The Bertz CT molecular complexity index is 488. The molecule has 1 aromatic rings. The zero-order valence-corrected chi connectivity index (χ0v) is 14.2. The smallest absolute Gasteiger partial charge is 0.124 e. The summed E-state index contributed by atoms with van der Waals surface area (Å²) in [6.07, 6.45) is 8.66. The molecule has 1 heterocycles. The highest BCUT2D eigenvalue weighted by molar-refractivity contribution is 7.99. The van der Waals surface area contributed by atoms with Crippen molar-refractivity contribution in [3.05, 3.63) is 29.8 Å². The highest BCUT2D eigenvalue weighted by atomic mass is 32.2. The van der Waals surface area contributed by atoms with Crippen LogP contribution in [0.2, 0.25) is 0 Å². The van der Waals surface area contributed by atoms with Gasteiger partial charge in [0.25, 0.3) is 0 Å². The Morgan fingerprint density at radius 2 is 2.05 bits per heavy atom. The third-order valence-corrected chi connectivity index (χ3v) is 5.87. The van der Waals surface area contributed by atoms with Gasteiger partial charge in [-0.1, -0.05) is 24.6 Å². The highest BCUT2D eigenvalue weighted by Gasteiger charge is 2.35. The third-order valence-electron chi connectivity index (χ3n) is 4.77. The first kappa shape index (κ1) is 15.2. The van der Waals surface area contributed by atoms with Gasteiger partial charge < -0.3 is 10.1 Å². The van der Waals surface area contributed by atoms with E-state index in [0.717, 1.165) is 17.4 Å². The maximum absolute atomic E-state index is 6.14. The number of nitrogens with one attached hydrogen (secondary N) is 1. The number of hydrogen-bond acceptors (Lipinski definition) is 3. The fourth-order valence-corrected chi connectivity index (χ4v) is 4.57. The molecule has 0 radical (unpaired) electrons. The second-order valence-corrected chi connectivity index (χ2v) is 8.18. The average molecular weight is 305 g/mol. The van der Waals surface area contributed by atoms with Crippen molar-refractivity contribution in [3.8, 4) is 5.75 Å². The molecule has 0 spiro atoms. The molecule has 21 heavy (non-hydrogen) atoms. The molecule has 116 valence electrons. The molecule has 0 bridgehead atoms. The largest absolute Gasteiger partial charge is 0.487 e. The topological polar surface area (TPSA) is 21.3 Å². The highest BCUT2D eigenvalue weighted by Crippen LogP contribution is 2.40. The van der Waals surface area contributed by atoms with E-state index in [1.807, 2.05) is 11.8 Å². The Labute approximate surface area is 133 Å². The third kappa shape index (κ3) is 3.57. The summed E-state index contributed by atoms with van der Waals surface area (Å²) >= 11 is 2.03. The Kier molecular flexibility index (Phi) is 4.51. The predicted octanol–water partition coefficient (Wildman–Crippen LogP) is 4.55. The summed E-state index contributed by atoms with van der Waals surface area (Å²) in [6.45, 7) is 4.40. The van der Waals surface area contributed by atoms with E-state index in [1.165, 1.54) is 31.2 Å². The van der Waals surface area contributed by atoms with E-state index in [2.05, 4.69) is 49.7 Å². The summed E-state index contributed by atoms with van der Waals surface area (Å²) in [7, 11) is 0. The van der Waals surface area contributed by atoms with Gasteiger partial charge in [0.2, 0.25) is 0 Å². The van der Waals surface area contributed by atoms with Crippen molar-refractivity contribution in [2.45, 2.75) is 68.9 Å². The molecule has 2 nitrogen and oxygen atoms in total. The number of para-hydroxylation sites is 1.